The summed E-state index contributed by atoms with van der Waals surface area (Å²) in [6, 6.07) is 0. The number of hydrogen-bond donors (Lipinski definition) is 1. The van der Waals surface area contributed by atoms with Crippen molar-refractivity contribution in [2.75, 3.05) is 32.0 Å². The number of nitrogens with zero attached hydrogens (tertiary/aromatic N) is 1. The van der Waals surface area contributed by atoms with Crippen LogP contribution in [0.25, 0.3) is 0 Å². The summed E-state index contributed by atoms with van der Waals surface area (Å²) in [4.78, 5) is 13.2. The Morgan fingerprint density at radius 3 is 2.58 bits per heavy atom. The Morgan fingerprint density at radius 2 is 2.11 bits per heavy atom. The van der Waals surface area contributed by atoms with Crippen LogP contribution >= 0.6 is 0 Å². The highest BCUT2D eigenvalue weighted by atomic mass is 32.2. The molecule has 6 nitrogen and oxygen atoms in total. The Kier molecular flexibility index (Phi) is 5.76. The molecule has 1 aliphatic heterocycles. The van der Waals surface area contributed by atoms with Gasteiger partial charge in [-0.1, -0.05) is 20.8 Å². The number of hydrogen-bond acceptors (Lipinski definition) is 5. The number of ether oxygens (including phenoxy) is 1. The Balaban J connectivity index is 2.75. The van der Waals surface area contributed by atoms with E-state index in [0.717, 1.165) is 13.1 Å². The van der Waals surface area contributed by atoms with Gasteiger partial charge in [0.15, 0.2) is 15.1 Å². The summed E-state index contributed by atoms with van der Waals surface area (Å²) >= 11 is 0. The van der Waals surface area contributed by atoms with Gasteiger partial charge in [0.1, 0.15) is 0 Å². The van der Waals surface area contributed by atoms with Gasteiger partial charge in [-0.3, -0.25) is 9.69 Å². The van der Waals surface area contributed by atoms with Crippen molar-refractivity contribution in [3.8, 4) is 0 Å². The number of likely N-dealkylation sites (N-methyl/N-ethyl adjacent to an activating group) is 1. The molecule has 0 spiro atoms. The summed E-state index contributed by atoms with van der Waals surface area (Å²) in [5, 5.41) is 7.72. The van der Waals surface area contributed by atoms with Crippen molar-refractivity contribution in [2.24, 2.45) is 5.92 Å². The van der Waals surface area contributed by atoms with Crippen molar-refractivity contribution in [3.05, 3.63) is 0 Å². The highest BCUT2D eigenvalue weighted by Gasteiger charge is 2.38. The van der Waals surface area contributed by atoms with Gasteiger partial charge >= 0.3 is 5.97 Å². The zero-order valence-electron chi connectivity index (χ0n) is 11.7. The maximum Gasteiger partial charge on any atom is 0.322 e. The molecule has 1 fully saturated rings. The van der Waals surface area contributed by atoms with Gasteiger partial charge in [-0.05, 0) is 12.5 Å². The maximum absolute atomic E-state index is 12.2. The molecule has 0 aromatic heterocycles. The first kappa shape index (κ1) is 16.4. The molecule has 0 bridgehead atoms. The van der Waals surface area contributed by atoms with E-state index in [9.17, 15) is 13.2 Å². The van der Waals surface area contributed by atoms with Gasteiger partial charge in [-0.15, -0.1) is 0 Å². The van der Waals surface area contributed by atoms with Gasteiger partial charge in [-0.2, -0.15) is 0 Å². The Labute approximate surface area is 114 Å². The fourth-order valence-corrected chi connectivity index (χ4v) is 4.45. The zero-order valence-corrected chi connectivity index (χ0v) is 12.5. The van der Waals surface area contributed by atoms with E-state index in [2.05, 4.69) is 4.90 Å². The second kappa shape index (κ2) is 6.67. The van der Waals surface area contributed by atoms with E-state index in [1.807, 2.05) is 6.92 Å². The lowest BCUT2D eigenvalue weighted by Crippen LogP contribution is -2.47. The normalized spacial score (nSPS) is 23.5. The molecule has 0 amide bonds. The van der Waals surface area contributed by atoms with Crippen molar-refractivity contribution in [1.29, 1.82) is 0 Å². The van der Waals surface area contributed by atoms with Gasteiger partial charge in [0, 0.05) is 13.1 Å². The third kappa shape index (κ3) is 4.43. The van der Waals surface area contributed by atoms with Gasteiger partial charge < -0.3 is 9.84 Å². The van der Waals surface area contributed by atoms with E-state index < -0.39 is 33.1 Å². The monoisotopic (exact) mass is 293 g/mol. The van der Waals surface area contributed by atoms with E-state index >= 15 is 0 Å². The van der Waals surface area contributed by atoms with Gasteiger partial charge in [-0.25, -0.2) is 8.42 Å². The highest BCUT2D eigenvalue weighted by Crippen LogP contribution is 2.17. The largest absolute Gasteiger partial charge is 0.480 e. The lowest BCUT2D eigenvalue weighted by molar-refractivity contribution is -0.137. The predicted molar refractivity (Wildman–Crippen MR) is 71.9 cm³/mol. The van der Waals surface area contributed by atoms with Crippen LogP contribution in [-0.2, 0) is 19.4 Å². The summed E-state index contributed by atoms with van der Waals surface area (Å²) in [5.41, 5.74) is 0. The minimum Gasteiger partial charge on any atom is -0.480 e. The molecule has 19 heavy (non-hydrogen) atoms. The molecule has 2 atom stereocenters. The van der Waals surface area contributed by atoms with Crippen LogP contribution in [0.4, 0.5) is 0 Å². The van der Waals surface area contributed by atoms with Crippen molar-refractivity contribution in [3.63, 3.8) is 0 Å². The summed E-state index contributed by atoms with van der Waals surface area (Å²) in [7, 11) is -3.70. The molecule has 2 unspecified atom stereocenters. The van der Waals surface area contributed by atoms with E-state index in [0.29, 0.717) is 13.2 Å². The molecular weight excluding hydrogens is 270 g/mol. The standard InChI is InChI=1S/C12H23NO5S/c1-4-13-5-6-18-10(7-13)8-19(16,17)11(9(2)3)12(14)15/h9-11H,4-8H2,1-3H3,(H,14,15). The molecule has 1 saturated heterocycles. The third-order valence-electron chi connectivity index (χ3n) is 3.32. The van der Waals surface area contributed by atoms with Crippen molar-refractivity contribution in [2.45, 2.75) is 32.1 Å². The molecule has 1 rings (SSSR count). The number of sulfone groups is 1. The fraction of sp³-hybridized carbons (Fsp3) is 0.917. The minimum atomic E-state index is -3.70. The Bertz CT molecular complexity index is 406. The highest BCUT2D eigenvalue weighted by molar-refractivity contribution is 7.92. The van der Waals surface area contributed by atoms with E-state index in [1.165, 1.54) is 0 Å². The Hall–Kier alpha value is -0.660. The molecule has 1 aliphatic rings. The van der Waals surface area contributed by atoms with Crippen LogP contribution in [0.5, 0.6) is 0 Å². The smallest absolute Gasteiger partial charge is 0.322 e. The minimum absolute atomic E-state index is 0.224. The lowest BCUT2D eigenvalue weighted by Gasteiger charge is -2.32. The zero-order chi connectivity index (χ0) is 14.6. The molecule has 1 N–H and O–H groups in total. The molecule has 1 heterocycles. The summed E-state index contributed by atoms with van der Waals surface area (Å²) < 4.78 is 29.8. The van der Waals surface area contributed by atoms with Gasteiger partial charge in [0.05, 0.1) is 18.5 Å². The molecule has 0 radical (unpaired) electrons. The maximum atomic E-state index is 12.2. The molecule has 0 aliphatic carbocycles. The Morgan fingerprint density at radius 1 is 1.47 bits per heavy atom. The molecule has 0 saturated carbocycles. The van der Waals surface area contributed by atoms with Crippen LogP contribution in [0.2, 0.25) is 0 Å². The van der Waals surface area contributed by atoms with Gasteiger partial charge in [0.2, 0.25) is 0 Å². The first-order valence-electron chi connectivity index (χ1n) is 6.56. The number of aliphatic carboxylic acids is 1. The number of carboxylic acids is 1. The van der Waals surface area contributed by atoms with Crippen LogP contribution in [0, 0.1) is 5.92 Å². The van der Waals surface area contributed by atoms with Gasteiger partial charge in [0.25, 0.3) is 0 Å². The number of morpholine rings is 1. The number of carboxylic acid groups (broad SMARTS) is 1. The molecule has 0 aromatic rings. The van der Waals surface area contributed by atoms with Crippen LogP contribution < -0.4 is 0 Å². The molecule has 112 valence electrons. The molecule has 0 aromatic carbocycles. The second-order valence-electron chi connectivity index (χ2n) is 5.22. The fourth-order valence-electron chi connectivity index (χ4n) is 2.38. The summed E-state index contributed by atoms with van der Waals surface area (Å²) in [6.07, 6.45) is -0.431. The van der Waals surface area contributed by atoms with Crippen LogP contribution in [0.1, 0.15) is 20.8 Å². The molecule has 7 heteroatoms. The van der Waals surface area contributed by atoms with E-state index in [4.69, 9.17) is 9.84 Å². The quantitative estimate of drug-likeness (QED) is 0.755. The van der Waals surface area contributed by atoms with Crippen LogP contribution in [-0.4, -0.2) is 67.7 Å². The SMILES string of the molecule is CCN1CCOC(CS(=O)(=O)C(C(=O)O)C(C)C)C1. The average Bonchev–Trinajstić information content (AvgIpc) is 2.26. The van der Waals surface area contributed by atoms with Crippen molar-refractivity contribution >= 4 is 15.8 Å². The summed E-state index contributed by atoms with van der Waals surface area (Å²) in [5.74, 6) is -1.95. The first-order valence-corrected chi connectivity index (χ1v) is 8.27. The predicted octanol–water partition coefficient (Wildman–Crippen LogP) is 0.231. The van der Waals surface area contributed by atoms with E-state index in [-0.39, 0.29) is 5.75 Å². The molecular formula is C12H23NO5S. The third-order valence-corrected chi connectivity index (χ3v) is 5.68. The first-order chi connectivity index (χ1) is 8.77. The van der Waals surface area contributed by atoms with Crippen molar-refractivity contribution in [1.82, 2.24) is 4.90 Å². The average molecular weight is 293 g/mol. The van der Waals surface area contributed by atoms with Crippen molar-refractivity contribution < 1.29 is 23.1 Å². The number of rotatable bonds is 6. The van der Waals surface area contributed by atoms with Crippen LogP contribution in [0.3, 0.4) is 0 Å². The second-order valence-corrected chi connectivity index (χ2v) is 7.39. The van der Waals surface area contributed by atoms with Crippen LogP contribution in [0.15, 0.2) is 0 Å². The topological polar surface area (TPSA) is 83.9 Å². The number of carbonyl (C=O) groups is 1. The van der Waals surface area contributed by atoms with E-state index in [1.54, 1.807) is 13.8 Å². The summed E-state index contributed by atoms with van der Waals surface area (Å²) in [6.45, 7) is 7.89. The lowest BCUT2D eigenvalue weighted by atomic mass is 10.1.